The summed E-state index contributed by atoms with van der Waals surface area (Å²) < 4.78 is 11.8. The van der Waals surface area contributed by atoms with Gasteiger partial charge in [0.15, 0.2) is 11.5 Å². The lowest BCUT2D eigenvalue weighted by Gasteiger charge is -2.11. The van der Waals surface area contributed by atoms with Crippen LogP contribution in [0.5, 0.6) is 11.5 Å². The lowest BCUT2D eigenvalue weighted by Crippen LogP contribution is -2.08. The quantitative estimate of drug-likeness (QED) is 0.807. The van der Waals surface area contributed by atoms with Gasteiger partial charge in [-0.3, -0.25) is 9.48 Å². The van der Waals surface area contributed by atoms with Gasteiger partial charge in [0.1, 0.15) is 5.69 Å². The van der Waals surface area contributed by atoms with E-state index in [1.807, 2.05) is 0 Å². The second-order valence-electron chi connectivity index (χ2n) is 3.86. The number of aryl methyl sites for hydroxylation is 1. The molecule has 0 unspecified atom stereocenters. The van der Waals surface area contributed by atoms with Gasteiger partial charge in [-0.05, 0) is 18.2 Å². The summed E-state index contributed by atoms with van der Waals surface area (Å²) in [4.78, 5) is 12.3. The zero-order valence-corrected chi connectivity index (χ0v) is 11.6. The van der Waals surface area contributed by atoms with E-state index in [4.69, 9.17) is 21.1 Å². The first-order valence-electron chi connectivity index (χ1n) is 5.52. The van der Waals surface area contributed by atoms with Gasteiger partial charge >= 0.3 is 0 Å². The molecule has 1 aromatic heterocycles. The van der Waals surface area contributed by atoms with Crippen molar-refractivity contribution in [1.82, 2.24) is 9.78 Å². The topological polar surface area (TPSA) is 53.3 Å². The van der Waals surface area contributed by atoms with Crippen molar-refractivity contribution in [1.29, 1.82) is 0 Å². The smallest absolute Gasteiger partial charge is 0.211 e. The summed E-state index contributed by atoms with van der Waals surface area (Å²) in [7, 11) is 4.69. The maximum Gasteiger partial charge on any atom is 0.211 e. The number of carbonyl (C=O) groups is 1. The normalized spacial score (nSPS) is 10.3. The summed E-state index contributed by atoms with van der Waals surface area (Å²) in [5.74, 6) is 0.647. The summed E-state index contributed by atoms with van der Waals surface area (Å²) in [5, 5.41) is 4.30. The number of nitrogens with zero attached hydrogens (tertiary/aromatic N) is 2. The predicted molar refractivity (Wildman–Crippen MR) is 71.2 cm³/mol. The number of hydrogen-bond donors (Lipinski definition) is 0. The van der Waals surface area contributed by atoms with Crippen molar-refractivity contribution in [3.05, 3.63) is 40.7 Å². The SMILES string of the molecule is COc1cc(C(=O)c2ccnn2C)cc(Cl)c1OC. The van der Waals surface area contributed by atoms with Crippen LogP contribution in [0, 0.1) is 0 Å². The molecule has 0 fully saturated rings. The number of carbonyl (C=O) groups excluding carboxylic acids is 1. The van der Waals surface area contributed by atoms with E-state index in [1.54, 1.807) is 31.4 Å². The van der Waals surface area contributed by atoms with Gasteiger partial charge in [0.25, 0.3) is 0 Å². The lowest BCUT2D eigenvalue weighted by molar-refractivity contribution is 0.103. The number of rotatable bonds is 4. The molecule has 0 saturated heterocycles. The van der Waals surface area contributed by atoms with Crippen LogP contribution in [0.4, 0.5) is 0 Å². The highest BCUT2D eigenvalue weighted by molar-refractivity contribution is 6.33. The van der Waals surface area contributed by atoms with Gasteiger partial charge < -0.3 is 9.47 Å². The number of benzene rings is 1. The summed E-state index contributed by atoms with van der Waals surface area (Å²) >= 11 is 6.08. The molecule has 2 aromatic rings. The molecule has 0 amide bonds. The van der Waals surface area contributed by atoms with E-state index in [0.29, 0.717) is 27.8 Å². The maximum absolute atomic E-state index is 12.3. The highest BCUT2D eigenvalue weighted by atomic mass is 35.5. The number of ketones is 1. The van der Waals surface area contributed by atoms with Crippen LogP contribution in [-0.4, -0.2) is 29.8 Å². The molecule has 1 heterocycles. The Kier molecular flexibility index (Phi) is 3.76. The third-order valence-electron chi connectivity index (χ3n) is 2.75. The van der Waals surface area contributed by atoms with Crippen molar-refractivity contribution in [2.45, 2.75) is 0 Å². The van der Waals surface area contributed by atoms with E-state index in [-0.39, 0.29) is 5.78 Å². The molecule has 0 atom stereocenters. The standard InChI is InChI=1S/C13H13ClN2O3/c1-16-10(4-5-15-16)12(17)8-6-9(14)13(19-3)11(7-8)18-2/h4-7H,1-3H3. The van der Waals surface area contributed by atoms with Gasteiger partial charge in [-0.2, -0.15) is 5.10 Å². The summed E-state index contributed by atoms with van der Waals surface area (Å²) in [6.07, 6.45) is 1.57. The van der Waals surface area contributed by atoms with Crippen LogP contribution in [-0.2, 0) is 7.05 Å². The molecule has 0 aliphatic heterocycles. The van der Waals surface area contributed by atoms with Crippen LogP contribution in [0.2, 0.25) is 5.02 Å². The molecule has 2 rings (SSSR count). The van der Waals surface area contributed by atoms with Crippen LogP contribution in [0.3, 0.4) is 0 Å². The third-order valence-corrected chi connectivity index (χ3v) is 3.03. The fraction of sp³-hybridized carbons (Fsp3) is 0.231. The second-order valence-corrected chi connectivity index (χ2v) is 4.27. The van der Waals surface area contributed by atoms with Crippen molar-refractivity contribution >= 4 is 17.4 Å². The van der Waals surface area contributed by atoms with Crippen LogP contribution in [0.15, 0.2) is 24.4 Å². The van der Waals surface area contributed by atoms with Gasteiger partial charge in [0.05, 0.1) is 19.2 Å². The van der Waals surface area contributed by atoms with E-state index in [2.05, 4.69) is 5.10 Å². The zero-order chi connectivity index (χ0) is 14.0. The minimum absolute atomic E-state index is 0.178. The number of hydrogen-bond acceptors (Lipinski definition) is 4. The molecule has 0 aliphatic rings. The first-order valence-corrected chi connectivity index (χ1v) is 5.90. The molecule has 0 bridgehead atoms. The van der Waals surface area contributed by atoms with E-state index in [0.717, 1.165) is 0 Å². The fourth-order valence-electron chi connectivity index (χ4n) is 1.79. The number of ether oxygens (including phenoxy) is 2. The van der Waals surface area contributed by atoms with Crippen LogP contribution >= 0.6 is 11.6 Å². The Morgan fingerprint density at radius 2 is 2.05 bits per heavy atom. The monoisotopic (exact) mass is 280 g/mol. The van der Waals surface area contributed by atoms with E-state index < -0.39 is 0 Å². The number of aromatic nitrogens is 2. The molecule has 0 radical (unpaired) electrons. The average Bonchev–Trinajstić information content (AvgIpc) is 2.83. The molecule has 0 N–H and O–H groups in total. The van der Waals surface area contributed by atoms with Gasteiger partial charge in [-0.25, -0.2) is 0 Å². The Morgan fingerprint density at radius 3 is 2.58 bits per heavy atom. The Hall–Kier alpha value is -2.01. The van der Waals surface area contributed by atoms with Crippen LogP contribution in [0.25, 0.3) is 0 Å². The predicted octanol–water partition coefficient (Wildman–Crippen LogP) is 2.32. The average molecular weight is 281 g/mol. The molecular formula is C13H13ClN2O3. The molecule has 0 spiro atoms. The zero-order valence-electron chi connectivity index (χ0n) is 10.8. The first-order chi connectivity index (χ1) is 9.08. The highest BCUT2D eigenvalue weighted by Gasteiger charge is 2.18. The Bertz CT molecular complexity index is 622. The summed E-state index contributed by atoms with van der Waals surface area (Å²) in [6, 6.07) is 4.80. The molecule has 6 heteroatoms. The Labute approximate surface area is 115 Å². The summed E-state index contributed by atoms with van der Waals surface area (Å²) in [5.41, 5.74) is 0.898. The second kappa shape index (κ2) is 5.32. The fourth-order valence-corrected chi connectivity index (χ4v) is 2.08. The van der Waals surface area contributed by atoms with Crippen molar-refractivity contribution in [3.8, 4) is 11.5 Å². The minimum Gasteiger partial charge on any atom is -0.493 e. The number of halogens is 1. The highest BCUT2D eigenvalue weighted by Crippen LogP contribution is 2.36. The van der Waals surface area contributed by atoms with Crippen LogP contribution < -0.4 is 9.47 Å². The molecule has 1 aromatic carbocycles. The first kappa shape index (κ1) is 13.4. The van der Waals surface area contributed by atoms with Gasteiger partial charge in [0.2, 0.25) is 5.78 Å². The number of methoxy groups -OCH3 is 2. The molecule has 0 aliphatic carbocycles. The van der Waals surface area contributed by atoms with Crippen molar-refractivity contribution in [2.24, 2.45) is 7.05 Å². The Balaban J connectivity index is 2.49. The van der Waals surface area contributed by atoms with Crippen molar-refractivity contribution < 1.29 is 14.3 Å². The molecule has 100 valence electrons. The third kappa shape index (κ3) is 2.42. The van der Waals surface area contributed by atoms with E-state index in [1.165, 1.54) is 18.9 Å². The minimum atomic E-state index is -0.178. The van der Waals surface area contributed by atoms with Crippen molar-refractivity contribution in [3.63, 3.8) is 0 Å². The summed E-state index contributed by atoms with van der Waals surface area (Å²) in [6.45, 7) is 0. The van der Waals surface area contributed by atoms with E-state index in [9.17, 15) is 4.79 Å². The lowest BCUT2D eigenvalue weighted by atomic mass is 10.1. The molecule has 0 saturated carbocycles. The molecular weight excluding hydrogens is 268 g/mol. The van der Waals surface area contributed by atoms with Gasteiger partial charge in [-0.15, -0.1) is 0 Å². The largest absolute Gasteiger partial charge is 0.493 e. The van der Waals surface area contributed by atoms with Crippen molar-refractivity contribution in [2.75, 3.05) is 14.2 Å². The molecule has 19 heavy (non-hydrogen) atoms. The van der Waals surface area contributed by atoms with Gasteiger partial charge in [-0.1, -0.05) is 11.6 Å². The molecule has 5 nitrogen and oxygen atoms in total. The maximum atomic E-state index is 12.3. The van der Waals surface area contributed by atoms with E-state index >= 15 is 0 Å². The van der Waals surface area contributed by atoms with Gasteiger partial charge in [0, 0.05) is 18.8 Å². The Morgan fingerprint density at radius 1 is 1.32 bits per heavy atom. The van der Waals surface area contributed by atoms with Crippen LogP contribution in [0.1, 0.15) is 16.1 Å².